The molecule has 0 aromatic heterocycles. The molecule has 1 aromatic carbocycles. The van der Waals surface area contributed by atoms with Gasteiger partial charge < -0.3 is 9.64 Å². The Balaban J connectivity index is 1.59. The highest BCUT2D eigenvalue weighted by Gasteiger charge is 2.42. The van der Waals surface area contributed by atoms with Crippen molar-refractivity contribution in [3.63, 3.8) is 0 Å². The lowest BCUT2D eigenvalue weighted by molar-refractivity contribution is -0.152. The molecule has 0 unspecified atom stereocenters. The van der Waals surface area contributed by atoms with Crippen LogP contribution in [0.4, 0.5) is 5.69 Å². The second-order valence-electron chi connectivity index (χ2n) is 7.42. The highest BCUT2D eigenvalue weighted by atomic mass is 79.9. The molecule has 9 heteroatoms. The van der Waals surface area contributed by atoms with Crippen LogP contribution >= 0.6 is 39.9 Å². The average Bonchev–Trinajstić information content (AvgIpc) is 3.15. The van der Waals surface area contributed by atoms with Crippen molar-refractivity contribution in [1.29, 1.82) is 0 Å². The Hall–Kier alpha value is -1.71. The molecule has 30 heavy (non-hydrogen) atoms. The third kappa shape index (κ3) is 3.94. The zero-order chi connectivity index (χ0) is 21.4. The van der Waals surface area contributed by atoms with Gasteiger partial charge in [-0.25, -0.2) is 0 Å². The van der Waals surface area contributed by atoms with Gasteiger partial charge in [0.15, 0.2) is 0 Å². The number of likely N-dealkylation sites (N-methyl/N-ethyl adjacent to an activating group) is 1. The summed E-state index contributed by atoms with van der Waals surface area (Å²) in [6.07, 6.45) is 4.91. The molecule has 0 bridgehead atoms. The Morgan fingerprint density at radius 3 is 2.63 bits per heavy atom. The van der Waals surface area contributed by atoms with Crippen LogP contribution in [0.25, 0.3) is 5.57 Å². The SMILES string of the molecule is CCN1C(=O)/C(=C2\SC(=S)N(CC(=O)OC3CCCCC3)C2=O)c2cc(Br)ccc21. The lowest BCUT2D eigenvalue weighted by Gasteiger charge is -2.23. The van der Waals surface area contributed by atoms with Gasteiger partial charge >= 0.3 is 5.97 Å². The third-order valence-electron chi connectivity index (χ3n) is 5.51. The topological polar surface area (TPSA) is 66.9 Å². The molecule has 2 fully saturated rings. The summed E-state index contributed by atoms with van der Waals surface area (Å²) in [6.45, 7) is 2.15. The second-order valence-corrected chi connectivity index (χ2v) is 9.98. The number of carbonyl (C=O) groups is 3. The predicted molar refractivity (Wildman–Crippen MR) is 124 cm³/mol. The Bertz CT molecular complexity index is 972. The van der Waals surface area contributed by atoms with Gasteiger partial charge in [-0.1, -0.05) is 46.3 Å². The number of hydrogen-bond donors (Lipinski definition) is 0. The van der Waals surface area contributed by atoms with Gasteiger partial charge in [0.25, 0.3) is 11.8 Å². The van der Waals surface area contributed by atoms with E-state index in [1.807, 2.05) is 25.1 Å². The minimum absolute atomic E-state index is 0.0817. The number of benzene rings is 1. The highest BCUT2D eigenvalue weighted by Crippen LogP contribution is 2.45. The standard InChI is InChI=1S/C21H21BrN2O4S2/c1-2-23-15-9-8-12(22)10-14(15)17(19(23)26)18-20(27)24(21(29)30-18)11-16(25)28-13-6-4-3-5-7-13/h8-10,13H,2-7,11H2,1H3/b18-17-. The van der Waals surface area contributed by atoms with Crippen molar-refractivity contribution in [3.05, 3.63) is 33.1 Å². The largest absolute Gasteiger partial charge is 0.461 e. The average molecular weight is 509 g/mol. The van der Waals surface area contributed by atoms with Gasteiger partial charge in [-0.05, 0) is 50.8 Å². The second kappa shape index (κ2) is 8.80. The van der Waals surface area contributed by atoms with Crippen molar-refractivity contribution in [2.24, 2.45) is 0 Å². The fourth-order valence-corrected chi connectivity index (χ4v) is 5.75. The molecular formula is C21H21BrN2O4S2. The van der Waals surface area contributed by atoms with E-state index in [0.717, 1.165) is 54.0 Å². The maximum absolute atomic E-state index is 13.1. The van der Waals surface area contributed by atoms with Crippen molar-refractivity contribution in [2.45, 2.75) is 45.1 Å². The maximum Gasteiger partial charge on any atom is 0.326 e. The van der Waals surface area contributed by atoms with Crippen LogP contribution in [0, 0.1) is 0 Å². The quantitative estimate of drug-likeness (QED) is 0.343. The molecule has 3 aliphatic rings. The lowest BCUT2D eigenvalue weighted by atomic mass is 9.98. The first-order valence-corrected chi connectivity index (χ1v) is 12.0. The molecule has 0 spiro atoms. The van der Waals surface area contributed by atoms with E-state index in [0.29, 0.717) is 17.7 Å². The summed E-state index contributed by atoms with van der Waals surface area (Å²) in [5.74, 6) is -1.10. The molecule has 0 atom stereocenters. The highest BCUT2D eigenvalue weighted by molar-refractivity contribution is 9.10. The van der Waals surface area contributed by atoms with Gasteiger partial charge in [0.05, 0.1) is 16.2 Å². The Morgan fingerprint density at radius 2 is 1.93 bits per heavy atom. The van der Waals surface area contributed by atoms with Gasteiger partial charge in [0, 0.05) is 16.6 Å². The monoisotopic (exact) mass is 508 g/mol. The van der Waals surface area contributed by atoms with Gasteiger partial charge in [-0.15, -0.1) is 0 Å². The van der Waals surface area contributed by atoms with Crippen molar-refractivity contribution < 1.29 is 19.1 Å². The van der Waals surface area contributed by atoms with Gasteiger partial charge in [0.2, 0.25) is 0 Å². The number of nitrogens with zero attached hydrogens (tertiary/aromatic N) is 2. The number of thiocarbonyl (C=S) groups is 1. The molecule has 1 aromatic rings. The van der Waals surface area contributed by atoms with Crippen molar-refractivity contribution >= 4 is 73.3 Å². The zero-order valence-corrected chi connectivity index (χ0v) is 19.7. The van der Waals surface area contributed by atoms with E-state index in [2.05, 4.69) is 15.9 Å². The smallest absolute Gasteiger partial charge is 0.326 e. The molecule has 1 aliphatic carbocycles. The number of amides is 2. The number of rotatable bonds is 4. The summed E-state index contributed by atoms with van der Waals surface area (Å²) in [5, 5.41) is 0. The van der Waals surface area contributed by atoms with Crippen molar-refractivity contribution in [3.8, 4) is 0 Å². The first kappa shape index (κ1) is 21.5. The first-order valence-electron chi connectivity index (χ1n) is 10.00. The maximum atomic E-state index is 13.1. The Kier molecular flexibility index (Phi) is 6.31. The fraction of sp³-hybridized carbons (Fsp3) is 0.429. The fourth-order valence-electron chi connectivity index (χ4n) is 4.06. The van der Waals surface area contributed by atoms with Crippen molar-refractivity contribution in [2.75, 3.05) is 18.0 Å². The minimum atomic E-state index is -0.458. The predicted octanol–water partition coefficient (Wildman–Crippen LogP) is 4.26. The number of carbonyl (C=O) groups excluding carboxylic acids is 3. The third-order valence-corrected chi connectivity index (χ3v) is 7.45. The summed E-state index contributed by atoms with van der Waals surface area (Å²) in [4.78, 5) is 41.8. The summed E-state index contributed by atoms with van der Waals surface area (Å²) in [7, 11) is 0. The van der Waals surface area contributed by atoms with E-state index in [1.165, 1.54) is 4.90 Å². The lowest BCUT2D eigenvalue weighted by Crippen LogP contribution is -2.36. The molecule has 6 nitrogen and oxygen atoms in total. The van der Waals surface area contributed by atoms with Crippen LogP contribution < -0.4 is 4.90 Å². The van der Waals surface area contributed by atoms with E-state index in [4.69, 9.17) is 17.0 Å². The number of thioether (sulfide) groups is 1. The van der Waals surface area contributed by atoms with Crippen LogP contribution in [0.3, 0.4) is 0 Å². The normalized spacial score (nSPS) is 22.1. The molecule has 4 rings (SSSR count). The summed E-state index contributed by atoms with van der Waals surface area (Å²) in [5.41, 5.74) is 1.80. The number of ether oxygens (including phenoxy) is 1. The molecule has 1 saturated carbocycles. The van der Waals surface area contributed by atoms with E-state index >= 15 is 0 Å². The molecule has 0 radical (unpaired) electrons. The molecule has 2 heterocycles. The number of fused-ring (bicyclic) bond motifs is 1. The summed E-state index contributed by atoms with van der Waals surface area (Å²) < 4.78 is 6.62. The number of hydrogen-bond acceptors (Lipinski definition) is 6. The summed E-state index contributed by atoms with van der Waals surface area (Å²) in [6, 6.07) is 5.56. The molecular weight excluding hydrogens is 488 g/mol. The van der Waals surface area contributed by atoms with Gasteiger partial charge in [-0.3, -0.25) is 19.3 Å². The van der Waals surface area contributed by atoms with Crippen LogP contribution in [0.2, 0.25) is 0 Å². The van der Waals surface area contributed by atoms with E-state index in [-0.39, 0.29) is 27.8 Å². The van der Waals surface area contributed by atoms with Gasteiger partial charge in [-0.2, -0.15) is 0 Å². The van der Waals surface area contributed by atoms with E-state index in [9.17, 15) is 14.4 Å². The van der Waals surface area contributed by atoms with E-state index in [1.54, 1.807) is 4.90 Å². The number of anilines is 1. The zero-order valence-electron chi connectivity index (χ0n) is 16.5. The van der Waals surface area contributed by atoms with Gasteiger partial charge in [0.1, 0.15) is 17.0 Å². The van der Waals surface area contributed by atoms with Crippen molar-refractivity contribution in [1.82, 2.24) is 4.90 Å². The molecule has 158 valence electrons. The van der Waals surface area contributed by atoms with Crippen LogP contribution in [-0.4, -0.2) is 46.2 Å². The number of halogens is 1. The minimum Gasteiger partial charge on any atom is -0.461 e. The Morgan fingerprint density at radius 1 is 1.20 bits per heavy atom. The summed E-state index contributed by atoms with van der Waals surface area (Å²) >= 11 is 9.88. The Labute approximate surface area is 193 Å². The van der Waals surface area contributed by atoms with E-state index < -0.39 is 11.9 Å². The molecule has 2 aliphatic heterocycles. The molecule has 1 saturated heterocycles. The van der Waals surface area contributed by atoms with Crippen LogP contribution in [0.1, 0.15) is 44.6 Å². The van der Waals surface area contributed by atoms with Crippen LogP contribution in [0.15, 0.2) is 27.6 Å². The molecule has 0 N–H and O–H groups in total. The molecule has 2 amide bonds. The van der Waals surface area contributed by atoms with Crippen LogP contribution in [0.5, 0.6) is 0 Å². The number of esters is 1. The van der Waals surface area contributed by atoms with Crippen LogP contribution in [-0.2, 0) is 19.1 Å². The first-order chi connectivity index (χ1) is 14.4.